The Bertz CT molecular complexity index is 634. The topological polar surface area (TPSA) is 69.6 Å². The second-order valence-corrected chi connectivity index (χ2v) is 7.01. The molecule has 5 nitrogen and oxygen atoms in total. The number of benzene rings is 1. The second kappa shape index (κ2) is 7.15. The van der Waals surface area contributed by atoms with E-state index in [4.69, 9.17) is 5.11 Å². The summed E-state index contributed by atoms with van der Waals surface area (Å²) in [5.74, 6) is -2.40. The Balaban J connectivity index is 1.89. The molecule has 0 bridgehead atoms. The lowest BCUT2D eigenvalue weighted by atomic mass is 9.85. The number of amides is 1. The minimum Gasteiger partial charge on any atom is -0.481 e. The van der Waals surface area contributed by atoms with Crippen LogP contribution in [0.5, 0.6) is 0 Å². The molecule has 1 aliphatic heterocycles. The van der Waals surface area contributed by atoms with Crippen LogP contribution < -0.4 is 10.2 Å². The van der Waals surface area contributed by atoms with Crippen LogP contribution in [0.4, 0.5) is 14.5 Å². The number of anilines is 1. The van der Waals surface area contributed by atoms with Gasteiger partial charge in [-0.1, -0.05) is 13.8 Å². The lowest BCUT2D eigenvalue weighted by Gasteiger charge is -2.23. The highest BCUT2D eigenvalue weighted by Crippen LogP contribution is 2.26. The van der Waals surface area contributed by atoms with Crippen LogP contribution in [-0.2, 0) is 9.59 Å². The van der Waals surface area contributed by atoms with Gasteiger partial charge < -0.3 is 15.3 Å². The van der Waals surface area contributed by atoms with Gasteiger partial charge in [0.1, 0.15) is 11.6 Å². The van der Waals surface area contributed by atoms with Gasteiger partial charge in [0.15, 0.2) is 0 Å². The molecular weight excluding hydrogens is 318 g/mol. The largest absolute Gasteiger partial charge is 0.481 e. The molecule has 1 amide bonds. The summed E-state index contributed by atoms with van der Waals surface area (Å²) in [6.07, 6.45) is 0.681. The summed E-state index contributed by atoms with van der Waals surface area (Å²) in [6, 6.07) is 3.31. The van der Waals surface area contributed by atoms with Gasteiger partial charge in [0.25, 0.3) is 0 Å². The van der Waals surface area contributed by atoms with Crippen LogP contribution in [0.25, 0.3) is 0 Å². The first-order valence-electron chi connectivity index (χ1n) is 7.87. The maximum atomic E-state index is 13.8. The van der Waals surface area contributed by atoms with Gasteiger partial charge in [-0.05, 0) is 24.0 Å². The molecule has 0 spiro atoms. The Morgan fingerprint density at radius 1 is 1.33 bits per heavy atom. The third-order valence-corrected chi connectivity index (χ3v) is 4.07. The maximum absolute atomic E-state index is 13.8. The highest BCUT2D eigenvalue weighted by atomic mass is 19.1. The first-order valence-corrected chi connectivity index (χ1v) is 7.87. The Kier molecular flexibility index (Phi) is 5.41. The fourth-order valence-electron chi connectivity index (χ4n) is 3.02. The molecule has 1 aromatic rings. The van der Waals surface area contributed by atoms with Gasteiger partial charge >= 0.3 is 5.97 Å². The van der Waals surface area contributed by atoms with Crippen LogP contribution in [0, 0.1) is 17.0 Å². The lowest BCUT2D eigenvalue weighted by molar-refractivity contribution is -0.139. The van der Waals surface area contributed by atoms with Crippen molar-refractivity contribution in [3.05, 3.63) is 29.8 Å². The van der Waals surface area contributed by atoms with Crippen molar-refractivity contribution >= 4 is 17.6 Å². The smallest absolute Gasteiger partial charge is 0.303 e. The van der Waals surface area contributed by atoms with Crippen molar-refractivity contribution in [3.8, 4) is 0 Å². The number of hydrogen-bond donors (Lipinski definition) is 2. The van der Waals surface area contributed by atoms with Gasteiger partial charge in [0, 0.05) is 31.6 Å². The predicted octanol–water partition coefficient (Wildman–Crippen LogP) is 2.55. The van der Waals surface area contributed by atoms with Crippen molar-refractivity contribution < 1.29 is 23.5 Å². The zero-order chi connectivity index (χ0) is 17.9. The van der Waals surface area contributed by atoms with Crippen LogP contribution in [0.15, 0.2) is 18.2 Å². The summed E-state index contributed by atoms with van der Waals surface area (Å²) in [4.78, 5) is 24.7. The first kappa shape index (κ1) is 18.2. The van der Waals surface area contributed by atoms with Crippen molar-refractivity contribution in [1.82, 2.24) is 5.32 Å². The van der Waals surface area contributed by atoms with Crippen LogP contribution >= 0.6 is 0 Å². The van der Waals surface area contributed by atoms with Gasteiger partial charge in [0.05, 0.1) is 12.1 Å². The van der Waals surface area contributed by atoms with Crippen molar-refractivity contribution in [2.45, 2.75) is 39.2 Å². The summed E-state index contributed by atoms with van der Waals surface area (Å²) >= 11 is 0. The zero-order valence-electron chi connectivity index (χ0n) is 13.8. The number of nitrogens with zero attached hydrogens (tertiary/aromatic N) is 1. The predicted molar refractivity (Wildman–Crippen MR) is 85.8 cm³/mol. The average molecular weight is 340 g/mol. The summed E-state index contributed by atoms with van der Waals surface area (Å²) in [5, 5.41) is 11.7. The van der Waals surface area contributed by atoms with E-state index in [2.05, 4.69) is 5.32 Å². The number of carboxylic acids is 1. The van der Waals surface area contributed by atoms with E-state index in [-0.39, 0.29) is 24.8 Å². The van der Waals surface area contributed by atoms with Gasteiger partial charge in [-0.2, -0.15) is 0 Å². The van der Waals surface area contributed by atoms with E-state index >= 15 is 0 Å². The summed E-state index contributed by atoms with van der Waals surface area (Å²) in [6.45, 7) is 4.46. The molecule has 2 N–H and O–H groups in total. The number of aliphatic carboxylic acids is 1. The molecule has 1 atom stereocenters. The molecule has 2 rings (SSSR count). The number of rotatable bonds is 6. The highest BCUT2D eigenvalue weighted by molar-refractivity contribution is 5.78. The normalized spacial score (nSPS) is 17.8. The van der Waals surface area contributed by atoms with Crippen LogP contribution in [-0.4, -0.2) is 36.1 Å². The van der Waals surface area contributed by atoms with E-state index in [9.17, 15) is 18.4 Å². The van der Waals surface area contributed by atoms with Crippen LogP contribution in [0.1, 0.15) is 33.1 Å². The van der Waals surface area contributed by atoms with Gasteiger partial charge in [-0.3, -0.25) is 9.59 Å². The van der Waals surface area contributed by atoms with Crippen molar-refractivity contribution in [2.75, 3.05) is 18.0 Å². The van der Waals surface area contributed by atoms with E-state index in [1.54, 1.807) is 18.7 Å². The highest BCUT2D eigenvalue weighted by Gasteiger charge is 2.29. The van der Waals surface area contributed by atoms with E-state index in [0.717, 1.165) is 6.07 Å². The molecule has 0 aliphatic carbocycles. The summed E-state index contributed by atoms with van der Waals surface area (Å²) in [7, 11) is 0. The average Bonchev–Trinajstić information content (AvgIpc) is 2.84. The molecule has 0 unspecified atom stereocenters. The molecule has 1 fully saturated rings. The number of carbonyl (C=O) groups is 2. The van der Waals surface area contributed by atoms with Crippen molar-refractivity contribution in [1.29, 1.82) is 0 Å². The second-order valence-electron chi connectivity index (χ2n) is 7.01. The Hall–Kier alpha value is -2.18. The third-order valence-electron chi connectivity index (χ3n) is 4.07. The Morgan fingerprint density at radius 3 is 2.67 bits per heavy atom. The molecule has 132 valence electrons. The van der Waals surface area contributed by atoms with E-state index in [1.165, 1.54) is 12.1 Å². The first-order chi connectivity index (χ1) is 11.2. The summed E-state index contributed by atoms with van der Waals surface area (Å²) < 4.78 is 26.8. The molecule has 1 heterocycles. The van der Waals surface area contributed by atoms with Crippen molar-refractivity contribution in [3.63, 3.8) is 0 Å². The quantitative estimate of drug-likeness (QED) is 0.835. The fraction of sp³-hybridized carbons (Fsp3) is 0.529. The maximum Gasteiger partial charge on any atom is 0.303 e. The molecule has 0 saturated carbocycles. The fourth-order valence-corrected chi connectivity index (χ4v) is 3.02. The molecule has 1 aliphatic rings. The number of carbonyl (C=O) groups excluding carboxylic acids is 1. The minimum atomic E-state index is -0.938. The van der Waals surface area contributed by atoms with E-state index in [1.807, 2.05) is 0 Å². The standard InChI is InChI=1S/C17H22F2N2O3/c1-17(2,9-16(23)24)8-15(22)20-12-5-6-21(10-12)14-4-3-11(18)7-13(14)19/h3-4,7,12H,5-6,8-10H2,1-2H3,(H,20,22)(H,23,24)/t12-/m0/s1. The molecular formula is C17H22F2N2O3. The Morgan fingerprint density at radius 2 is 2.04 bits per heavy atom. The van der Waals surface area contributed by atoms with Gasteiger partial charge in [-0.25, -0.2) is 8.78 Å². The molecule has 7 heteroatoms. The molecule has 1 saturated heterocycles. The van der Waals surface area contributed by atoms with E-state index in [0.29, 0.717) is 25.2 Å². The molecule has 24 heavy (non-hydrogen) atoms. The SMILES string of the molecule is CC(C)(CC(=O)O)CC(=O)N[C@H]1CCN(c2ccc(F)cc2F)C1. The van der Waals surface area contributed by atoms with Crippen molar-refractivity contribution in [2.24, 2.45) is 5.41 Å². The lowest BCUT2D eigenvalue weighted by Crippen LogP contribution is -2.39. The van der Waals surface area contributed by atoms with Gasteiger partial charge in [-0.15, -0.1) is 0 Å². The molecule has 1 aromatic carbocycles. The summed E-state index contributed by atoms with van der Waals surface area (Å²) in [5.41, 5.74) is -0.309. The number of nitrogens with one attached hydrogen (secondary N) is 1. The van der Waals surface area contributed by atoms with E-state index < -0.39 is 23.0 Å². The molecule has 0 radical (unpaired) electrons. The number of hydrogen-bond acceptors (Lipinski definition) is 3. The zero-order valence-corrected chi connectivity index (χ0v) is 13.8. The number of carboxylic acid groups (broad SMARTS) is 1. The minimum absolute atomic E-state index is 0.0853. The van der Waals surface area contributed by atoms with Gasteiger partial charge in [0.2, 0.25) is 5.91 Å². The Labute approximate surface area is 139 Å². The monoisotopic (exact) mass is 340 g/mol. The third kappa shape index (κ3) is 4.91. The number of halogens is 2. The van der Waals surface area contributed by atoms with Crippen LogP contribution in [0.3, 0.4) is 0 Å². The molecule has 0 aromatic heterocycles. The van der Waals surface area contributed by atoms with Crippen LogP contribution in [0.2, 0.25) is 0 Å².